The molecule has 0 spiro atoms. The second-order valence-corrected chi connectivity index (χ2v) is 27.3. The minimum absolute atomic E-state index is 0.0449. The predicted octanol–water partition coefficient (Wildman–Crippen LogP) is 19.8. The van der Waals surface area contributed by atoms with Crippen molar-refractivity contribution < 1.29 is 0 Å². The standard InChI is InChI=1S/C66H60N2S3Se/c1-37-33-39(3)59(40(4)34-37)63-49-23-21-47(67-49)61(43-13-17-45(18-14-43)65(7,8)9)55-29-27-53(70-55)51-25-26-52(69-51)54-28-30-56(71-54)62(44-15-19-46(20-16-44)66(10,11)12)48-22-24-50(68-48)64(58-32-31-57(63)72-58)60-41(5)35-38(2)36-42(60)6/h13-36H,1-12H3. The van der Waals surface area contributed by atoms with E-state index in [0.29, 0.717) is 0 Å². The molecule has 0 fully saturated rings. The molecule has 72 heavy (non-hydrogen) atoms. The molecule has 0 saturated heterocycles. The number of aromatic nitrogens is 2. The van der Waals surface area contributed by atoms with Crippen molar-refractivity contribution in [1.82, 2.24) is 9.97 Å². The van der Waals surface area contributed by atoms with Gasteiger partial charge in [-0.05, 0) is 0 Å². The Morgan fingerprint density at radius 2 is 0.625 bits per heavy atom. The summed E-state index contributed by atoms with van der Waals surface area (Å²) >= 11 is 5.52. The van der Waals surface area contributed by atoms with Crippen molar-refractivity contribution in [2.24, 2.45) is 0 Å². The Hall–Kier alpha value is -5.98. The predicted molar refractivity (Wildman–Crippen MR) is 321 cm³/mol. The molecular weight excluding hydrogens is 996 g/mol. The number of thiophene rings is 3. The molecule has 0 amide bonds. The summed E-state index contributed by atoms with van der Waals surface area (Å²) in [4.78, 5) is 11.5. The van der Waals surface area contributed by atoms with E-state index in [-0.39, 0.29) is 25.3 Å². The van der Waals surface area contributed by atoms with E-state index < -0.39 is 0 Å². The topological polar surface area (TPSA) is 25.8 Å². The molecule has 0 atom stereocenters. The van der Waals surface area contributed by atoms with Gasteiger partial charge in [-0.2, -0.15) is 0 Å². The van der Waals surface area contributed by atoms with Gasteiger partial charge in [0.2, 0.25) is 0 Å². The molecule has 9 aromatic rings. The fourth-order valence-corrected chi connectivity index (χ4v) is 16.4. The Labute approximate surface area is 443 Å². The zero-order chi connectivity index (χ0) is 50.4. The Morgan fingerprint density at radius 3 is 0.944 bits per heavy atom. The second kappa shape index (κ2) is 18.5. The van der Waals surface area contributed by atoms with E-state index in [0.717, 1.165) is 22.8 Å². The third-order valence-corrected chi connectivity index (χ3v) is 20.2. The molecular formula is C66H60N2S3Se. The fourth-order valence-electron chi connectivity index (χ4n) is 10.7. The first kappa shape index (κ1) is 48.3. The second-order valence-electron chi connectivity index (χ2n) is 21.8. The molecule has 358 valence electrons. The van der Waals surface area contributed by atoms with E-state index in [1.165, 1.54) is 126 Å². The third kappa shape index (κ3) is 9.01. The van der Waals surface area contributed by atoms with E-state index in [4.69, 9.17) is 9.97 Å². The summed E-state index contributed by atoms with van der Waals surface area (Å²) in [6.07, 6.45) is 9.09. The van der Waals surface area contributed by atoms with Crippen LogP contribution in [0.2, 0.25) is 0 Å². The molecule has 7 heterocycles. The minimum atomic E-state index is -0.0816. The van der Waals surface area contributed by atoms with Gasteiger partial charge in [-0.25, -0.2) is 0 Å². The van der Waals surface area contributed by atoms with Crippen molar-refractivity contribution in [3.8, 4) is 44.5 Å². The zero-order valence-electron chi connectivity index (χ0n) is 43.4. The van der Waals surface area contributed by atoms with E-state index in [1.54, 1.807) is 0 Å². The molecule has 6 heteroatoms. The van der Waals surface area contributed by atoms with Gasteiger partial charge in [0, 0.05) is 0 Å². The van der Waals surface area contributed by atoms with Gasteiger partial charge in [-0.3, -0.25) is 0 Å². The first-order valence-electron chi connectivity index (χ1n) is 24.9. The summed E-state index contributed by atoms with van der Waals surface area (Å²) in [5, 5.41) is 0. The van der Waals surface area contributed by atoms with Crippen molar-refractivity contribution in [1.29, 1.82) is 0 Å². The summed E-state index contributed by atoms with van der Waals surface area (Å²) in [5.41, 5.74) is 24.0. The number of aryl methyl sites for hydroxylation is 6. The van der Waals surface area contributed by atoms with Crippen LogP contribution in [0.4, 0.5) is 0 Å². The molecule has 0 aliphatic carbocycles. The van der Waals surface area contributed by atoms with Crippen molar-refractivity contribution in [3.63, 3.8) is 0 Å². The van der Waals surface area contributed by atoms with Crippen LogP contribution in [0.15, 0.2) is 121 Å². The fraction of sp³-hybridized carbons (Fsp3) is 0.212. The Kier molecular flexibility index (Phi) is 12.4. The molecule has 12 bridgehead atoms. The Morgan fingerprint density at radius 1 is 0.333 bits per heavy atom. The van der Waals surface area contributed by atoms with Crippen LogP contribution in [0.5, 0.6) is 0 Å². The van der Waals surface area contributed by atoms with Gasteiger partial charge in [0.05, 0.1) is 0 Å². The van der Waals surface area contributed by atoms with Crippen molar-refractivity contribution in [2.75, 3.05) is 0 Å². The maximum atomic E-state index is 5.73. The van der Waals surface area contributed by atoms with E-state index in [2.05, 4.69) is 229 Å². The monoisotopic (exact) mass is 1060 g/mol. The Balaban J connectivity index is 1.31. The number of nitrogens with zero attached hydrogens (tertiary/aromatic N) is 2. The maximum absolute atomic E-state index is 5.73. The van der Waals surface area contributed by atoms with E-state index in [1.807, 2.05) is 34.0 Å². The van der Waals surface area contributed by atoms with Crippen LogP contribution >= 0.6 is 34.0 Å². The summed E-state index contributed by atoms with van der Waals surface area (Å²) < 4.78 is 10.1. The van der Waals surface area contributed by atoms with Gasteiger partial charge in [0.15, 0.2) is 0 Å². The van der Waals surface area contributed by atoms with E-state index >= 15 is 0 Å². The van der Waals surface area contributed by atoms with Crippen LogP contribution in [0.1, 0.15) is 109 Å². The van der Waals surface area contributed by atoms with E-state index in [9.17, 15) is 0 Å². The first-order valence-corrected chi connectivity index (χ1v) is 29.1. The molecule has 5 aromatic heterocycles. The molecule has 0 N–H and O–H groups in total. The van der Waals surface area contributed by atoms with Crippen LogP contribution in [0, 0.1) is 41.5 Å². The van der Waals surface area contributed by atoms with Gasteiger partial charge in [-0.15, -0.1) is 0 Å². The molecule has 0 unspecified atom stereocenters. The van der Waals surface area contributed by atoms with Crippen LogP contribution in [0.3, 0.4) is 0 Å². The third-order valence-electron chi connectivity index (χ3n) is 14.1. The number of rotatable bonds is 4. The summed E-state index contributed by atoms with van der Waals surface area (Å²) in [6.45, 7) is 27.2. The average molecular weight is 1060 g/mol. The van der Waals surface area contributed by atoms with Crippen LogP contribution in [-0.4, -0.2) is 24.5 Å². The van der Waals surface area contributed by atoms with Gasteiger partial charge in [0.1, 0.15) is 0 Å². The van der Waals surface area contributed by atoms with Gasteiger partial charge >= 0.3 is 447 Å². The van der Waals surface area contributed by atoms with Crippen molar-refractivity contribution >= 4 is 110 Å². The van der Waals surface area contributed by atoms with Gasteiger partial charge < -0.3 is 0 Å². The van der Waals surface area contributed by atoms with Crippen LogP contribution in [0.25, 0.3) is 106 Å². The van der Waals surface area contributed by atoms with Crippen LogP contribution < -0.4 is 0 Å². The van der Waals surface area contributed by atoms with Gasteiger partial charge in [0.25, 0.3) is 0 Å². The summed E-state index contributed by atoms with van der Waals surface area (Å²) in [7, 11) is 0. The number of hydrogen-bond acceptors (Lipinski definition) is 5. The summed E-state index contributed by atoms with van der Waals surface area (Å²) in [6, 6.07) is 46.5. The normalized spacial score (nSPS) is 12.6. The van der Waals surface area contributed by atoms with Crippen LogP contribution in [-0.2, 0) is 10.8 Å². The average Bonchev–Trinajstić information content (AvgIpc) is 4.18. The number of fused-ring (bicyclic) bond motifs is 14. The molecule has 2 aliphatic heterocycles. The number of hydrogen-bond donors (Lipinski definition) is 0. The SMILES string of the molecule is Cc1cc(C)c(-c2c3nc(c(-c4ccc(C(C)(C)C)cc4)c4ccc(s4)c4ccc(s4)c4ccc(s4)c(-c4ccc(C(C)(C)C)cc4)c4nc(c(-c5c(C)cc(C)cc5C)c5ccc2[se]5)C=C4)C=C3)c(C)c1. The zero-order valence-corrected chi connectivity index (χ0v) is 47.5. The quantitative estimate of drug-likeness (QED) is 0.164. The molecule has 11 rings (SSSR count). The molecule has 0 radical (unpaired) electrons. The summed E-state index contributed by atoms with van der Waals surface area (Å²) in [5.74, 6) is 0. The Bertz CT molecular complexity index is 3680. The number of benzene rings is 4. The first-order chi connectivity index (χ1) is 34.4. The molecule has 4 aromatic carbocycles. The van der Waals surface area contributed by atoms with Crippen molar-refractivity contribution in [3.05, 3.63) is 189 Å². The molecule has 2 aliphatic rings. The van der Waals surface area contributed by atoms with Crippen molar-refractivity contribution in [2.45, 2.75) is 93.9 Å². The molecule has 2 nitrogen and oxygen atoms in total. The van der Waals surface area contributed by atoms with Gasteiger partial charge in [-0.1, -0.05) is 0 Å². The molecule has 0 saturated carbocycles.